The van der Waals surface area contributed by atoms with Crippen LogP contribution in [-0.4, -0.2) is 12.1 Å². The smallest absolute Gasteiger partial charge is 0.156 e. The lowest BCUT2D eigenvalue weighted by Crippen LogP contribution is -2.24. The van der Waals surface area contributed by atoms with Crippen LogP contribution in [0.25, 0.3) is 0 Å². The van der Waals surface area contributed by atoms with Gasteiger partial charge in [0.2, 0.25) is 0 Å². The number of nitrogens with zero attached hydrogens (tertiary/aromatic N) is 1. The lowest BCUT2D eigenvalue weighted by molar-refractivity contribution is 1.00. The fraction of sp³-hybridized carbons (Fsp3) is 0.143. The Hall–Kier alpha value is -1.78. The highest BCUT2D eigenvalue weighted by atomic mass is 15.0. The topological polar surface area (TPSA) is 100 Å². The summed E-state index contributed by atoms with van der Waals surface area (Å²) in [6, 6.07) is 0. The van der Waals surface area contributed by atoms with Crippen molar-refractivity contribution in [2.24, 2.45) is 16.5 Å². The monoisotopic (exact) mass is 167 g/mol. The minimum Gasteiger partial charge on any atom is -0.393 e. The quantitative estimate of drug-likeness (QED) is 0.346. The fourth-order valence-corrected chi connectivity index (χ4v) is 0.538. The van der Waals surface area contributed by atoms with Gasteiger partial charge >= 0.3 is 0 Å². The van der Waals surface area contributed by atoms with Crippen molar-refractivity contribution in [3.8, 4) is 0 Å². The molecule has 0 aromatic rings. The molecule has 0 aliphatic carbocycles. The average Bonchev–Trinajstić information content (AvgIpc) is 2.03. The van der Waals surface area contributed by atoms with Gasteiger partial charge in [0, 0.05) is 6.21 Å². The molecule has 66 valence electrons. The number of hydrogen-bond acceptors (Lipinski definition) is 4. The van der Waals surface area contributed by atoms with Crippen LogP contribution >= 0.6 is 0 Å². The van der Waals surface area contributed by atoms with E-state index in [1.807, 2.05) is 0 Å². The molecule has 5 nitrogen and oxygen atoms in total. The Kier molecular flexibility index (Phi) is 4.21. The van der Waals surface area contributed by atoms with Gasteiger partial charge in [0.05, 0.1) is 0 Å². The van der Waals surface area contributed by atoms with Crippen molar-refractivity contribution < 1.29 is 0 Å². The maximum atomic E-state index is 7.03. The van der Waals surface area contributed by atoms with E-state index >= 15 is 0 Å². The van der Waals surface area contributed by atoms with Crippen molar-refractivity contribution in [1.29, 1.82) is 5.41 Å². The number of nitrogens with one attached hydrogen (secondary N) is 2. The van der Waals surface area contributed by atoms with Gasteiger partial charge in [-0.1, -0.05) is 6.58 Å². The molecular formula is C7H13N5. The number of rotatable bonds is 4. The minimum absolute atomic E-state index is 0.105. The largest absolute Gasteiger partial charge is 0.393 e. The van der Waals surface area contributed by atoms with E-state index in [9.17, 15) is 0 Å². The summed E-state index contributed by atoms with van der Waals surface area (Å²) in [4.78, 5) is 3.86. The molecule has 0 atom stereocenters. The molecule has 0 fully saturated rings. The lowest BCUT2D eigenvalue weighted by Gasteiger charge is -2.04. The average molecular weight is 167 g/mol. The van der Waals surface area contributed by atoms with Crippen LogP contribution in [-0.2, 0) is 0 Å². The predicted molar refractivity (Wildman–Crippen MR) is 50.6 cm³/mol. The van der Waals surface area contributed by atoms with Crippen LogP contribution in [0.15, 0.2) is 29.3 Å². The summed E-state index contributed by atoms with van der Waals surface area (Å²) in [5.74, 6) is 0.116. The summed E-state index contributed by atoms with van der Waals surface area (Å²) >= 11 is 0. The summed E-state index contributed by atoms with van der Waals surface area (Å²) < 4.78 is 0. The summed E-state index contributed by atoms with van der Waals surface area (Å²) in [5, 5.41) is 9.70. The van der Waals surface area contributed by atoms with Crippen LogP contribution in [0.4, 0.5) is 0 Å². The van der Waals surface area contributed by atoms with E-state index in [1.54, 1.807) is 13.1 Å². The molecule has 0 aromatic carbocycles. The third kappa shape index (κ3) is 2.87. The first-order valence-corrected chi connectivity index (χ1v) is 3.33. The Morgan fingerprint density at radius 3 is 2.50 bits per heavy atom. The molecule has 0 spiro atoms. The van der Waals surface area contributed by atoms with Gasteiger partial charge in [-0.2, -0.15) is 0 Å². The van der Waals surface area contributed by atoms with Gasteiger partial charge in [0.25, 0.3) is 0 Å². The van der Waals surface area contributed by atoms with E-state index in [0.717, 1.165) is 0 Å². The predicted octanol–water partition coefficient (Wildman–Crippen LogP) is -0.126. The molecule has 0 rings (SSSR count). The molecule has 6 N–H and O–H groups in total. The van der Waals surface area contributed by atoms with Gasteiger partial charge in [-0.05, 0) is 13.1 Å². The molecule has 0 aliphatic heterocycles. The van der Waals surface area contributed by atoms with E-state index in [1.165, 1.54) is 6.20 Å². The first-order chi connectivity index (χ1) is 5.63. The Balaban J connectivity index is 4.78. The Morgan fingerprint density at radius 1 is 1.58 bits per heavy atom. The maximum Gasteiger partial charge on any atom is 0.156 e. The van der Waals surface area contributed by atoms with Crippen LogP contribution in [0, 0.1) is 5.41 Å². The Morgan fingerprint density at radius 2 is 2.17 bits per heavy atom. The summed E-state index contributed by atoms with van der Waals surface area (Å²) in [5.41, 5.74) is 10.7. The minimum atomic E-state index is -0.218. The van der Waals surface area contributed by atoms with E-state index in [0.29, 0.717) is 5.82 Å². The van der Waals surface area contributed by atoms with Gasteiger partial charge < -0.3 is 16.8 Å². The first kappa shape index (κ1) is 10.2. The van der Waals surface area contributed by atoms with Crippen LogP contribution < -0.4 is 16.8 Å². The molecule has 12 heavy (non-hydrogen) atoms. The van der Waals surface area contributed by atoms with Crippen molar-refractivity contribution in [3.63, 3.8) is 0 Å². The van der Waals surface area contributed by atoms with E-state index in [2.05, 4.69) is 16.9 Å². The van der Waals surface area contributed by atoms with Crippen LogP contribution in [0.5, 0.6) is 0 Å². The number of aliphatic imine (C=N–C) groups is 1. The molecule has 5 heteroatoms. The highest BCUT2D eigenvalue weighted by molar-refractivity contribution is 5.94. The van der Waals surface area contributed by atoms with Gasteiger partial charge in [-0.3, -0.25) is 5.41 Å². The van der Waals surface area contributed by atoms with Crippen LogP contribution in [0.2, 0.25) is 0 Å². The maximum absolute atomic E-state index is 7.03. The molecule has 0 bridgehead atoms. The highest BCUT2D eigenvalue weighted by Crippen LogP contribution is 1.95. The Labute approximate surface area is 71.4 Å². The van der Waals surface area contributed by atoms with Gasteiger partial charge in [0.15, 0.2) is 5.82 Å². The van der Waals surface area contributed by atoms with E-state index in [-0.39, 0.29) is 11.5 Å². The molecule has 0 saturated carbocycles. The van der Waals surface area contributed by atoms with Crippen molar-refractivity contribution in [2.45, 2.75) is 6.92 Å². The highest BCUT2D eigenvalue weighted by Gasteiger charge is 2.01. The molecule has 0 amide bonds. The van der Waals surface area contributed by atoms with Crippen LogP contribution in [0.1, 0.15) is 6.92 Å². The third-order valence-corrected chi connectivity index (χ3v) is 1.04. The van der Waals surface area contributed by atoms with Crippen LogP contribution in [0.3, 0.4) is 0 Å². The summed E-state index contributed by atoms with van der Waals surface area (Å²) in [6.45, 7) is 5.17. The molecule has 0 heterocycles. The first-order valence-electron chi connectivity index (χ1n) is 3.33. The SMILES string of the molecule is C=CN/C(N=CC)=C(\N)C(=N)N. The van der Waals surface area contributed by atoms with Crippen molar-refractivity contribution in [3.05, 3.63) is 24.3 Å². The van der Waals surface area contributed by atoms with Gasteiger partial charge in [-0.15, -0.1) is 0 Å². The second-order valence-electron chi connectivity index (χ2n) is 1.91. The van der Waals surface area contributed by atoms with Crippen molar-refractivity contribution in [1.82, 2.24) is 5.32 Å². The number of nitrogens with two attached hydrogens (primary N) is 2. The van der Waals surface area contributed by atoms with Crippen molar-refractivity contribution >= 4 is 12.1 Å². The molecule has 0 unspecified atom stereocenters. The standard InChI is InChI=1S/C7H13N5/c1-3-11-7(12-4-2)5(8)6(9)10/h3-4,11H,1,8H2,2H3,(H3,9,10)/b7-5+,12-4?. The second kappa shape index (κ2) is 4.95. The number of amidine groups is 1. The summed E-state index contributed by atoms with van der Waals surface area (Å²) in [7, 11) is 0. The molecule has 0 saturated heterocycles. The van der Waals surface area contributed by atoms with Gasteiger partial charge in [-0.25, -0.2) is 4.99 Å². The van der Waals surface area contributed by atoms with E-state index in [4.69, 9.17) is 16.9 Å². The molecule has 0 aromatic heterocycles. The zero-order valence-corrected chi connectivity index (χ0v) is 6.96. The second-order valence-corrected chi connectivity index (χ2v) is 1.91. The zero-order chi connectivity index (χ0) is 9.56. The number of hydrogen-bond donors (Lipinski definition) is 4. The van der Waals surface area contributed by atoms with Crippen molar-refractivity contribution in [2.75, 3.05) is 0 Å². The molecule has 0 aliphatic rings. The fourth-order valence-electron chi connectivity index (χ4n) is 0.538. The normalized spacial score (nSPS) is 12.4. The zero-order valence-electron chi connectivity index (χ0n) is 6.96. The summed E-state index contributed by atoms with van der Waals surface area (Å²) in [6.07, 6.45) is 2.96. The molecule has 0 radical (unpaired) electrons. The van der Waals surface area contributed by atoms with Gasteiger partial charge in [0.1, 0.15) is 11.5 Å². The van der Waals surface area contributed by atoms with E-state index < -0.39 is 0 Å². The Bertz CT molecular complexity index is 238. The molecular weight excluding hydrogens is 154 g/mol. The third-order valence-electron chi connectivity index (χ3n) is 1.04. The lowest BCUT2D eigenvalue weighted by atomic mass is 10.4.